The fourth-order valence-corrected chi connectivity index (χ4v) is 1.95. The van der Waals surface area contributed by atoms with E-state index in [0.29, 0.717) is 18.1 Å². The van der Waals surface area contributed by atoms with Gasteiger partial charge in [-0.15, -0.1) is 0 Å². The van der Waals surface area contributed by atoms with Gasteiger partial charge < -0.3 is 9.84 Å². The molecule has 2 aromatic rings. The first-order chi connectivity index (χ1) is 9.99. The summed E-state index contributed by atoms with van der Waals surface area (Å²) < 4.78 is 6.78. The van der Waals surface area contributed by atoms with Gasteiger partial charge in [-0.25, -0.2) is 9.48 Å². The lowest BCUT2D eigenvalue weighted by molar-refractivity contribution is 0.251. The number of carbonyl (C=O) groups is 1. The molecule has 0 unspecified atom stereocenters. The molecule has 2 aromatic heterocycles. The van der Waals surface area contributed by atoms with Crippen molar-refractivity contribution in [2.75, 3.05) is 5.32 Å². The topological polar surface area (TPSA) is 85.0 Å². The van der Waals surface area contributed by atoms with E-state index in [1.54, 1.807) is 6.07 Å². The van der Waals surface area contributed by atoms with Gasteiger partial charge in [0.05, 0.1) is 18.3 Å². The molecule has 2 heterocycles. The number of hydrogen-bond donors (Lipinski definition) is 2. The average molecular weight is 291 g/mol. The predicted octanol–water partition coefficient (Wildman–Crippen LogP) is 2.78. The first-order valence-electron chi connectivity index (χ1n) is 7.02. The summed E-state index contributed by atoms with van der Waals surface area (Å²) >= 11 is 0. The molecule has 7 heteroatoms. The Labute approximate surface area is 123 Å². The van der Waals surface area contributed by atoms with Crippen LogP contribution < -0.4 is 10.6 Å². The molecular formula is C14H21N5O2. The number of aryl methyl sites for hydroxylation is 2. The maximum Gasteiger partial charge on any atom is 0.320 e. The molecule has 0 spiro atoms. The van der Waals surface area contributed by atoms with Crippen LogP contribution in [0.25, 0.3) is 0 Å². The summed E-state index contributed by atoms with van der Waals surface area (Å²) in [4.78, 5) is 11.9. The second-order valence-electron chi connectivity index (χ2n) is 5.11. The van der Waals surface area contributed by atoms with Crippen molar-refractivity contribution < 1.29 is 9.32 Å². The fraction of sp³-hybridized carbons (Fsp3) is 0.500. The minimum atomic E-state index is -0.292. The van der Waals surface area contributed by atoms with Crippen LogP contribution in [-0.4, -0.2) is 21.0 Å². The molecule has 114 valence electrons. The highest BCUT2D eigenvalue weighted by Crippen LogP contribution is 2.18. The van der Waals surface area contributed by atoms with Gasteiger partial charge in [0.1, 0.15) is 17.3 Å². The number of urea groups is 1. The quantitative estimate of drug-likeness (QED) is 0.887. The number of nitrogens with one attached hydrogen (secondary N) is 2. The lowest BCUT2D eigenvalue weighted by Gasteiger charge is -2.14. The number of carbonyl (C=O) groups excluding carboxylic acids is 1. The van der Waals surface area contributed by atoms with Crippen LogP contribution in [0.4, 0.5) is 10.6 Å². The molecular weight excluding hydrogens is 270 g/mol. The zero-order valence-corrected chi connectivity index (χ0v) is 12.8. The monoisotopic (exact) mass is 291 g/mol. The van der Waals surface area contributed by atoms with Crippen molar-refractivity contribution in [3.8, 4) is 0 Å². The molecule has 1 atom stereocenters. The number of anilines is 1. The summed E-state index contributed by atoms with van der Waals surface area (Å²) in [6, 6.07) is 3.58. The second kappa shape index (κ2) is 6.43. The van der Waals surface area contributed by atoms with Crippen LogP contribution in [0.2, 0.25) is 0 Å². The van der Waals surface area contributed by atoms with Crippen LogP contribution in [0.5, 0.6) is 0 Å². The van der Waals surface area contributed by atoms with Gasteiger partial charge in [-0.05, 0) is 27.2 Å². The molecule has 0 aromatic carbocycles. The zero-order valence-electron chi connectivity index (χ0n) is 12.8. The third-order valence-electron chi connectivity index (χ3n) is 3.21. The van der Waals surface area contributed by atoms with Gasteiger partial charge >= 0.3 is 6.03 Å². The van der Waals surface area contributed by atoms with E-state index < -0.39 is 0 Å². The predicted molar refractivity (Wildman–Crippen MR) is 79.1 cm³/mol. The van der Waals surface area contributed by atoms with Gasteiger partial charge in [0, 0.05) is 12.1 Å². The zero-order chi connectivity index (χ0) is 15.4. The summed E-state index contributed by atoms with van der Waals surface area (Å²) in [5.41, 5.74) is 1.56. The Kier molecular flexibility index (Phi) is 4.62. The molecule has 2 N–H and O–H groups in total. The van der Waals surface area contributed by atoms with E-state index in [2.05, 4.69) is 34.7 Å². The molecule has 0 aliphatic heterocycles. The van der Waals surface area contributed by atoms with Crippen molar-refractivity contribution in [2.45, 2.75) is 46.7 Å². The largest absolute Gasteiger partial charge is 0.361 e. The van der Waals surface area contributed by atoms with E-state index in [4.69, 9.17) is 4.52 Å². The maximum absolute atomic E-state index is 11.9. The molecule has 0 radical (unpaired) electrons. The number of amides is 2. The third-order valence-corrected chi connectivity index (χ3v) is 3.21. The average Bonchev–Trinajstić information content (AvgIpc) is 3.01. The Morgan fingerprint density at radius 1 is 1.43 bits per heavy atom. The Balaban J connectivity index is 1.96. The lowest BCUT2D eigenvalue weighted by Crippen LogP contribution is -2.29. The highest BCUT2D eigenvalue weighted by molar-refractivity contribution is 5.88. The maximum atomic E-state index is 11.9. The van der Waals surface area contributed by atoms with Crippen molar-refractivity contribution in [2.24, 2.45) is 0 Å². The lowest BCUT2D eigenvalue weighted by atomic mass is 10.3. The Bertz CT molecular complexity index is 617. The van der Waals surface area contributed by atoms with E-state index >= 15 is 0 Å². The minimum absolute atomic E-state index is 0.229. The van der Waals surface area contributed by atoms with Gasteiger partial charge in [-0.2, -0.15) is 5.10 Å². The van der Waals surface area contributed by atoms with Crippen molar-refractivity contribution in [1.29, 1.82) is 0 Å². The Hall–Kier alpha value is -2.31. The summed E-state index contributed by atoms with van der Waals surface area (Å²) in [7, 11) is 0. The molecule has 7 nitrogen and oxygen atoms in total. The number of rotatable bonds is 5. The van der Waals surface area contributed by atoms with Crippen LogP contribution in [0.3, 0.4) is 0 Å². The Morgan fingerprint density at radius 2 is 2.19 bits per heavy atom. The molecule has 0 saturated heterocycles. The molecule has 0 fully saturated rings. The van der Waals surface area contributed by atoms with E-state index in [1.807, 2.05) is 24.6 Å². The molecule has 2 amide bonds. The van der Waals surface area contributed by atoms with E-state index in [-0.39, 0.29) is 12.1 Å². The first kappa shape index (κ1) is 15.1. The van der Waals surface area contributed by atoms with Gasteiger partial charge in [-0.1, -0.05) is 12.1 Å². The van der Waals surface area contributed by atoms with Crippen LogP contribution in [0.15, 0.2) is 16.7 Å². The minimum Gasteiger partial charge on any atom is -0.361 e. The molecule has 0 aliphatic rings. The first-order valence-corrected chi connectivity index (χ1v) is 7.02. The van der Waals surface area contributed by atoms with Crippen LogP contribution >= 0.6 is 0 Å². The van der Waals surface area contributed by atoms with Gasteiger partial charge in [-0.3, -0.25) is 5.32 Å². The summed E-state index contributed by atoms with van der Waals surface area (Å²) in [5.74, 6) is 1.41. The molecule has 0 aliphatic carbocycles. The summed E-state index contributed by atoms with van der Waals surface area (Å²) in [6.07, 6.45) is 0.940. The van der Waals surface area contributed by atoms with E-state index in [1.165, 1.54) is 0 Å². The van der Waals surface area contributed by atoms with E-state index in [9.17, 15) is 4.79 Å². The Morgan fingerprint density at radius 3 is 2.81 bits per heavy atom. The molecule has 2 rings (SSSR count). The second-order valence-corrected chi connectivity index (χ2v) is 5.11. The van der Waals surface area contributed by atoms with Crippen molar-refractivity contribution in [3.63, 3.8) is 0 Å². The van der Waals surface area contributed by atoms with Gasteiger partial charge in [0.25, 0.3) is 0 Å². The number of nitrogens with zero attached hydrogens (tertiary/aromatic N) is 3. The normalized spacial score (nSPS) is 12.2. The third kappa shape index (κ3) is 3.84. The molecule has 0 bridgehead atoms. The SMILES string of the molecule is CC[C@H](C)n1nc(C)cc1NC(=O)NCc1cc(C)on1. The molecule has 0 saturated carbocycles. The summed E-state index contributed by atoms with van der Waals surface area (Å²) in [6.45, 7) is 8.18. The van der Waals surface area contributed by atoms with Crippen LogP contribution in [0.1, 0.15) is 43.5 Å². The highest BCUT2D eigenvalue weighted by atomic mass is 16.5. The van der Waals surface area contributed by atoms with Crippen LogP contribution in [0, 0.1) is 13.8 Å². The van der Waals surface area contributed by atoms with Crippen molar-refractivity contribution in [3.05, 3.63) is 29.3 Å². The van der Waals surface area contributed by atoms with Crippen molar-refractivity contribution >= 4 is 11.8 Å². The van der Waals surface area contributed by atoms with Crippen molar-refractivity contribution in [1.82, 2.24) is 20.3 Å². The summed E-state index contributed by atoms with van der Waals surface area (Å²) in [5, 5.41) is 13.8. The smallest absolute Gasteiger partial charge is 0.320 e. The highest BCUT2D eigenvalue weighted by Gasteiger charge is 2.13. The van der Waals surface area contributed by atoms with Gasteiger partial charge in [0.2, 0.25) is 0 Å². The van der Waals surface area contributed by atoms with Crippen LogP contribution in [-0.2, 0) is 6.54 Å². The number of aromatic nitrogens is 3. The fourth-order valence-electron chi connectivity index (χ4n) is 1.95. The number of hydrogen-bond acceptors (Lipinski definition) is 4. The molecule has 21 heavy (non-hydrogen) atoms. The standard InChI is InChI=1S/C14H21N5O2/c1-5-10(3)19-13(6-9(2)17-19)16-14(20)15-8-12-7-11(4)21-18-12/h6-7,10H,5,8H2,1-4H3,(H2,15,16,20)/t10-/m0/s1. The van der Waals surface area contributed by atoms with Gasteiger partial charge in [0.15, 0.2) is 0 Å². The van der Waals surface area contributed by atoms with E-state index in [0.717, 1.165) is 17.9 Å².